The lowest BCUT2D eigenvalue weighted by Crippen LogP contribution is -2.30. The molecule has 4 N–H and O–H groups in total. The van der Waals surface area contributed by atoms with Crippen molar-refractivity contribution in [2.45, 2.75) is 12.6 Å². The van der Waals surface area contributed by atoms with E-state index in [2.05, 4.69) is 36.4 Å². The van der Waals surface area contributed by atoms with Crippen LogP contribution in [0.25, 0.3) is 11.2 Å². The molecule has 2 aromatic carbocycles. The average Bonchev–Trinajstić information content (AvgIpc) is 3.18. The Morgan fingerprint density at radius 2 is 2.03 bits per heavy atom. The van der Waals surface area contributed by atoms with E-state index in [1.165, 1.54) is 28.5 Å². The third-order valence-corrected chi connectivity index (χ3v) is 5.76. The molecular formula is C22H20BrClN6O5. The molecule has 0 spiro atoms. The number of aryl methyl sites for hydroxylation is 1. The quantitative estimate of drug-likeness (QED) is 0.190. The summed E-state index contributed by atoms with van der Waals surface area (Å²) < 4.78 is 8.92. The van der Waals surface area contributed by atoms with Gasteiger partial charge in [-0.25, -0.2) is 10.2 Å². The number of phenols is 1. The lowest BCUT2D eigenvalue weighted by Gasteiger charge is -2.15. The Balaban J connectivity index is 1.63. The van der Waals surface area contributed by atoms with E-state index < -0.39 is 17.4 Å². The van der Waals surface area contributed by atoms with Gasteiger partial charge < -0.3 is 19.5 Å². The van der Waals surface area contributed by atoms with Gasteiger partial charge in [0.15, 0.2) is 11.2 Å². The highest BCUT2D eigenvalue weighted by atomic mass is 79.9. The van der Waals surface area contributed by atoms with E-state index in [0.717, 1.165) is 4.47 Å². The van der Waals surface area contributed by atoms with Crippen LogP contribution in [-0.2, 0) is 13.6 Å². The Labute approximate surface area is 211 Å². The number of benzene rings is 2. The molecule has 0 aliphatic heterocycles. The van der Waals surface area contributed by atoms with Crippen LogP contribution < -0.4 is 21.4 Å². The van der Waals surface area contributed by atoms with Crippen LogP contribution in [0.5, 0.6) is 11.5 Å². The van der Waals surface area contributed by atoms with Crippen LogP contribution in [0.1, 0.15) is 5.56 Å². The van der Waals surface area contributed by atoms with Crippen LogP contribution in [0.3, 0.4) is 0 Å². The molecule has 0 unspecified atom stereocenters. The van der Waals surface area contributed by atoms with E-state index in [-0.39, 0.29) is 36.0 Å². The van der Waals surface area contributed by atoms with Gasteiger partial charge in [0, 0.05) is 22.1 Å². The zero-order valence-corrected chi connectivity index (χ0v) is 20.6. The number of aliphatic hydroxyl groups excluding tert-OH is 1. The van der Waals surface area contributed by atoms with Gasteiger partial charge in [0.25, 0.3) is 5.56 Å². The van der Waals surface area contributed by atoms with Crippen LogP contribution in [0, 0.1) is 0 Å². The summed E-state index contributed by atoms with van der Waals surface area (Å²) in [4.78, 5) is 31.2. The van der Waals surface area contributed by atoms with E-state index >= 15 is 0 Å². The van der Waals surface area contributed by atoms with Gasteiger partial charge >= 0.3 is 5.69 Å². The number of nitrogens with zero attached hydrogens (tertiary/aromatic N) is 4. The predicted molar refractivity (Wildman–Crippen MR) is 136 cm³/mol. The monoisotopic (exact) mass is 562 g/mol. The number of aromatic nitrogens is 4. The highest BCUT2D eigenvalue weighted by molar-refractivity contribution is 9.10. The Morgan fingerprint density at radius 1 is 1.29 bits per heavy atom. The summed E-state index contributed by atoms with van der Waals surface area (Å²) in [7, 11) is 1.46. The zero-order valence-electron chi connectivity index (χ0n) is 18.3. The first-order chi connectivity index (χ1) is 16.7. The molecule has 0 aliphatic carbocycles. The predicted octanol–water partition coefficient (Wildman–Crippen LogP) is 2.43. The van der Waals surface area contributed by atoms with Crippen LogP contribution >= 0.6 is 27.5 Å². The van der Waals surface area contributed by atoms with Crippen molar-refractivity contribution in [3.63, 3.8) is 0 Å². The molecule has 4 rings (SSSR count). The van der Waals surface area contributed by atoms with Crippen molar-refractivity contribution in [2.75, 3.05) is 12.0 Å². The number of aromatic amines is 1. The Morgan fingerprint density at radius 3 is 2.77 bits per heavy atom. The van der Waals surface area contributed by atoms with Gasteiger partial charge in [0.05, 0.1) is 12.8 Å². The average molecular weight is 564 g/mol. The maximum Gasteiger partial charge on any atom is 0.329 e. The van der Waals surface area contributed by atoms with Crippen molar-refractivity contribution in [1.29, 1.82) is 0 Å². The van der Waals surface area contributed by atoms with Crippen molar-refractivity contribution in [3.05, 3.63) is 78.4 Å². The van der Waals surface area contributed by atoms with Crippen molar-refractivity contribution in [3.8, 4) is 11.5 Å². The van der Waals surface area contributed by atoms with Crippen molar-refractivity contribution < 1.29 is 14.9 Å². The molecule has 182 valence electrons. The number of rotatable bonds is 8. The minimum absolute atomic E-state index is 0.0147. The second kappa shape index (κ2) is 10.3. The third-order valence-electron chi connectivity index (χ3n) is 5.01. The minimum atomic E-state index is -1.04. The van der Waals surface area contributed by atoms with Gasteiger partial charge in [-0.2, -0.15) is 10.1 Å². The number of halogens is 2. The van der Waals surface area contributed by atoms with E-state index in [9.17, 15) is 19.8 Å². The second-order valence-electron chi connectivity index (χ2n) is 7.53. The third kappa shape index (κ3) is 5.56. The summed E-state index contributed by atoms with van der Waals surface area (Å²) in [5, 5.41) is 25.3. The molecule has 2 heterocycles. The van der Waals surface area contributed by atoms with Crippen molar-refractivity contribution >= 4 is 50.9 Å². The topological polar surface area (TPSA) is 147 Å². The first kappa shape index (κ1) is 24.5. The highest BCUT2D eigenvalue weighted by Gasteiger charge is 2.20. The van der Waals surface area contributed by atoms with Gasteiger partial charge in [0.1, 0.15) is 24.2 Å². The smallest absolute Gasteiger partial charge is 0.329 e. The highest BCUT2D eigenvalue weighted by Crippen LogP contribution is 2.21. The Kier molecular flexibility index (Phi) is 7.24. The number of H-pyrrole nitrogens is 1. The molecule has 1 atom stereocenters. The molecule has 0 aliphatic rings. The van der Waals surface area contributed by atoms with E-state index in [4.69, 9.17) is 16.3 Å². The first-order valence-corrected chi connectivity index (χ1v) is 11.4. The van der Waals surface area contributed by atoms with Gasteiger partial charge in [-0.3, -0.25) is 14.3 Å². The van der Waals surface area contributed by atoms with E-state index in [0.29, 0.717) is 16.3 Å². The Bertz CT molecular complexity index is 1510. The number of fused-ring (bicyclic) bond motifs is 1. The van der Waals surface area contributed by atoms with Gasteiger partial charge in [-0.15, -0.1) is 0 Å². The molecule has 0 radical (unpaired) electrons. The maximum absolute atomic E-state index is 12.6. The zero-order chi connectivity index (χ0) is 25.1. The summed E-state index contributed by atoms with van der Waals surface area (Å²) in [6, 6.07) is 11.5. The van der Waals surface area contributed by atoms with Crippen LogP contribution in [0.2, 0.25) is 5.02 Å². The fourth-order valence-electron chi connectivity index (χ4n) is 3.27. The summed E-state index contributed by atoms with van der Waals surface area (Å²) in [6.07, 6.45) is 0.325. The molecule has 4 aromatic rings. The molecule has 0 saturated carbocycles. The Hall–Kier alpha value is -3.61. The van der Waals surface area contributed by atoms with Gasteiger partial charge in [-0.1, -0.05) is 27.5 Å². The number of imidazole rings is 1. The normalized spacial score (nSPS) is 12.3. The molecule has 0 fully saturated rings. The standard InChI is InChI=1S/C22H20BrClN6O5/c1-29-19-18(20(33)27-22(29)34)30(10-15(31)11-35-16-5-3-14(24)4-6-16)21(26-19)28-25-9-12-8-13(23)2-7-17(12)32/h2-9,15,31-32H,10-11H2,1H3,(H,26,28)(H,27,33,34)/b25-9+/t15-/m0/s1. The molecular weight excluding hydrogens is 544 g/mol. The molecule has 0 amide bonds. The molecule has 2 aromatic heterocycles. The maximum atomic E-state index is 12.6. The summed E-state index contributed by atoms with van der Waals surface area (Å²) in [6.45, 7) is -0.176. The van der Waals surface area contributed by atoms with Gasteiger partial charge in [0.2, 0.25) is 5.95 Å². The molecule has 0 saturated heterocycles. The SMILES string of the molecule is Cn1c(=O)[nH]c(=O)c2c1nc(N/N=C/c1cc(Br)ccc1O)n2C[C@H](O)COc1ccc(Cl)cc1. The molecule has 35 heavy (non-hydrogen) atoms. The van der Waals surface area contributed by atoms with Crippen LogP contribution in [0.4, 0.5) is 5.95 Å². The molecule has 13 heteroatoms. The first-order valence-electron chi connectivity index (χ1n) is 10.3. The number of hydrazone groups is 1. The number of aliphatic hydroxyl groups is 1. The number of anilines is 1. The number of phenolic OH excluding ortho intramolecular Hbond substituents is 1. The van der Waals surface area contributed by atoms with E-state index in [1.54, 1.807) is 36.4 Å². The van der Waals surface area contributed by atoms with Crippen molar-refractivity contribution in [2.24, 2.45) is 12.1 Å². The van der Waals surface area contributed by atoms with Crippen LogP contribution in [0.15, 0.2) is 61.6 Å². The molecule has 0 bridgehead atoms. The minimum Gasteiger partial charge on any atom is -0.507 e. The van der Waals surface area contributed by atoms with Crippen molar-refractivity contribution in [1.82, 2.24) is 19.1 Å². The van der Waals surface area contributed by atoms with E-state index in [1.807, 2.05) is 0 Å². The summed E-state index contributed by atoms with van der Waals surface area (Å²) in [5.41, 5.74) is 2.02. The number of aromatic hydroxyl groups is 1. The largest absolute Gasteiger partial charge is 0.507 e. The van der Waals surface area contributed by atoms with Gasteiger partial charge in [-0.05, 0) is 42.5 Å². The molecule has 11 nitrogen and oxygen atoms in total. The number of ether oxygens (including phenoxy) is 1. The lowest BCUT2D eigenvalue weighted by atomic mass is 10.2. The summed E-state index contributed by atoms with van der Waals surface area (Å²) >= 11 is 9.20. The number of nitrogens with one attached hydrogen (secondary N) is 2. The second-order valence-corrected chi connectivity index (χ2v) is 8.88. The summed E-state index contributed by atoms with van der Waals surface area (Å²) in [5.74, 6) is 0.629. The fourth-order valence-corrected chi connectivity index (χ4v) is 3.78. The van der Waals surface area contributed by atoms with Crippen LogP contribution in [-0.4, -0.2) is 48.2 Å². The lowest BCUT2D eigenvalue weighted by molar-refractivity contribution is 0.0938. The number of hydrogen-bond donors (Lipinski definition) is 4. The number of hydrogen-bond acceptors (Lipinski definition) is 8. The fraction of sp³-hybridized carbons (Fsp3) is 0.182.